The molecule has 0 aliphatic heterocycles. The number of rotatable bonds is 5. The van der Waals surface area contributed by atoms with Crippen molar-refractivity contribution in [2.75, 3.05) is 7.11 Å². The standard InChI is InChI=1S/C27H22N4O4/c1-16-20-13-18(14-28-25(20)31(2)30-16)26(32)35-15-22-24(27(33)34-3)23(17-9-5-4-6-10-17)19-11-7-8-12-21(19)29-22/h4-14H,15H2,1-3H3. The van der Waals surface area contributed by atoms with Crippen molar-refractivity contribution in [1.29, 1.82) is 0 Å². The second-order valence-electron chi connectivity index (χ2n) is 8.06. The van der Waals surface area contributed by atoms with Crippen LogP contribution in [0.25, 0.3) is 33.1 Å². The number of aryl methyl sites for hydroxylation is 2. The van der Waals surface area contributed by atoms with E-state index in [1.54, 1.807) is 17.8 Å². The number of esters is 2. The summed E-state index contributed by atoms with van der Waals surface area (Å²) >= 11 is 0. The van der Waals surface area contributed by atoms with Crippen molar-refractivity contribution >= 4 is 33.9 Å². The van der Waals surface area contributed by atoms with E-state index in [1.165, 1.54) is 13.3 Å². The van der Waals surface area contributed by atoms with E-state index in [1.807, 2.05) is 61.5 Å². The fourth-order valence-corrected chi connectivity index (χ4v) is 4.23. The van der Waals surface area contributed by atoms with Gasteiger partial charge in [0.05, 0.1) is 35.1 Å². The number of carbonyl (C=O) groups is 2. The number of hydrogen-bond donors (Lipinski definition) is 0. The first kappa shape index (κ1) is 22.2. The molecule has 8 heteroatoms. The minimum atomic E-state index is -0.574. The lowest BCUT2D eigenvalue weighted by molar-refractivity contribution is 0.0456. The Labute approximate surface area is 201 Å². The molecule has 0 fully saturated rings. The third-order valence-electron chi connectivity index (χ3n) is 5.86. The number of pyridine rings is 2. The molecule has 0 aliphatic carbocycles. The highest BCUT2D eigenvalue weighted by atomic mass is 16.5. The largest absolute Gasteiger partial charge is 0.465 e. The van der Waals surface area contributed by atoms with Crippen LogP contribution in [0.5, 0.6) is 0 Å². The Morgan fingerprint density at radius 3 is 2.49 bits per heavy atom. The zero-order chi connectivity index (χ0) is 24.5. The van der Waals surface area contributed by atoms with Crippen molar-refractivity contribution in [3.05, 3.63) is 89.4 Å². The van der Waals surface area contributed by atoms with E-state index < -0.39 is 11.9 Å². The SMILES string of the molecule is COC(=O)c1c(COC(=O)c2cnc3c(c2)c(C)nn3C)nc2ccccc2c1-c1ccccc1. The molecule has 0 N–H and O–H groups in total. The van der Waals surface area contributed by atoms with Crippen LogP contribution in [-0.4, -0.2) is 38.8 Å². The topological polar surface area (TPSA) is 96.2 Å². The first-order valence-corrected chi connectivity index (χ1v) is 11.0. The second kappa shape index (κ2) is 8.98. The summed E-state index contributed by atoms with van der Waals surface area (Å²) in [6.07, 6.45) is 1.45. The molecule has 35 heavy (non-hydrogen) atoms. The monoisotopic (exact) mass is 466 g/mol. The van der Waals surface area contributed by atoms with E-state index in [-0.39, 0.29) is 17.7 Å². The molecule has 0 atom stereocenters. The number of fused-ring (bicyclic) bond motifs is 2. The van der Waals surface area contributed by atoms with Crippen molar-refractivity contribution in [2.24, 2.45) is 7.05 Å². The molecule has 0 unspecified atom stereocenters. The second-order valence-corrected chi connectivity index (χ2v) is 8.06. The van der Waals surface area contributed by atoms with Gasteiger partial charge in [0.15, 0.2) is 5.65 Å². The van der Waals surface area contributed by atoms with Gasteiger partial charge in [-0.25, -0.2) is 19.6 Å². The highest BCUT2D eigenvalue weighted by molar-refractivity contribution is 6.08. The van der Waals surface area contributed by atoms with Gasteiger partial charge in [0.25, 0.3) is 0 Å². The van der Waals surface area contributed by atoms with Crippen molar-refractivity contribution < 1.29 is 19.1 Å². The molecule has 0 saturated carbocycles. The number of benzene rings is 2. The van der Waals surface area contributed by atoms with Crippen LogP contribution in [0.1, 0.15) is 32.1 Å². The highest BCUT2D eigenvalue weighted by Gasteiger charge is 2.24. The summed E-state index contributed by atoms with van der Waals surface area (Å²) < 4.78 is 12.4. The minimum absolute atomic E-state index is 0.210. The summed E-state index contributed by atoms with van der Waals surface area (Å²) in [6.45, 7) is 1.64. The maximum Gasteiger partial charge on any atom is 0.340 e. The fraction of sp³-hybridized carbons (Fsp3) is 0.148. The zero-order valence-corrected chi connectivity index (χ0v) is 19.5. The van der Waals surface area contributed by atoms with Crippen LogP contribution in [0.3, 0.4) is 0 Å². The molecule has 0 saturated heterocycles. The first-order valence-electron chi connectivity index (χ1n) is 11.0. The summed E-state index contributed by atoms with van der Waals surface area (Å²) in [5, 5.41) is 5.91. The lowest BCUT2D eigenvalue weighted by atomic mass is 9.94. The highest BCUT2D eigenvalue weighted by Crippen LogP contribution is 2.34. The van der Waals surface area contributed by atoms with Crippen LogP contribution in [0.15, 0.2) is 66.9 Å². The average molecular weight is 466 g/mol. The van der Waals surface area contributed by atoms with Gasteiger partial charge < -0.3 is 9.47 Å². The van der Waals surface area contributed by atoms with E-state index in [4.69, 9.17) is 9.47 Å². The molecule has 0 amide bonds. The zero-order valence-electron chi connectivity index (χ0n) is 19.5. The molecule has 0 bridgehead atoms. The van der Waals surface area contributed by atoms with Crippen LogP contribution in [0.4, 0.5) is 0 Å². The summed E-state index contributed by atoms with van der Waals surface area (Å²) in [6, 6.07) is 18.8. The Balaban J connectivity index is 1.57. The molecule has 0 radical (unpaired) electrons. The molecule has 174 valence electrons. The quantitative estimate of drug-likeness (QED) is 0.348. The molecular weight excluding hydrogens is 444 g/mol. The van der Waals surface area contributed by atoms with Crippen molar-refractivity contribution in [2.45, 2.75) is 13.5 Å². The smallest absolute Gasteiger partial charge is 0.340 e. The van der Waals surface area contributed by atoms with E-state index >= 15 is 0 Å². The molecule has 8 nitrogen and oxygen atoms in total. The van der Waals surface area contributed by atoms with Gasteiger partial charge in [-0.05, 0) is 24.6 Å². The van der Waals surface area contributed by atoms with E-state index in [0.29, 0.717) is 22.4 Å². The summed E-state index contributed by atoms with van der Waals surface area (Å²) in [7, 11) is 3.11. The molecular formula is C27H22N4O4. The molecule has 0 spiro atoms. The Hall–Kier alpha value is -4.59. The van der Waals surface area contributed by atoms with Gasteiger partial charge in [0.1, 0.15) is 6.61 Å². The molecule has 3 aromatic heterocycles. The summed E-state index contributed by atoms with van der Waals surface area (Å²) in [4.78, 5) is 34.9. The number of ether oxygens (including phenoxy) is 2. The van der Waals surface area contributed by atoms with Crippen LogP contribution >= 0.6 is 0 Å². The van der Waals surface area contributed by atoms with Gasteiger partial charge >= 0.3 is 11.9 Å². The predicted molar refractivity (Wildman–Crippen MR) is 131 cm³/mol. The van der Waals surface area contributed by atoms with Crippen molar-refractivity contribution in [3.8, 4) is 11.1 Å². The Kier molecular flexibility index (Phi) is 5.70. The number of hydrogen-bond acceptors (Lipinski definition) is 7. The molecule has 2 aromatic carbocycles. The van der Waals surface area contributed by atoms with Gasteiger partial charge in [-0.15, -0.1) is 0 Å². The van der Waals surface area contributed by atoms with E-state index in [2.05, 4.69) is 15.1 Å². The number of aromatic nitrogens is 4. The molecule has 5 rings (SSSR count). The Bertz CT molecular complexity index is 1590. The van der Waals surface area contributed by atoms with Gasteiger partial charge in [-0.1, -0.05) is 48.5 Å². The van der Waals surface area contributed by atoms with Crippen LogP contribution < -0.4 is 0 Å². The maximum atomic E-state index is 13.0. The number of nitrogens with zero attached hydrogens (tertiary/aromatic N) is 4. The number of para-hydroxylation sites is 1. The first-order chi connectivity index (χ1) is 17.0. The van der Waals surface area contributed by atoms with E-state index in [9.17, 15) is 9.59 Å². The minimum Gasteiger partial charge on any atom is -0.465 e. The van der Waals surface area contributed by atoms with Gasteiger partial charge in [-0.3, -0.25) is 4.68 Å². The number of methoxy groups -OCH3 is 1. The van der Waals surface area contributed by atoms with Crippen LogP contribution in [0, 0.1) is 6.92 Å². The molecule has 5 aromatic rings. The predicted octanol–water partition coefficient (Wildman–Crippen LogP) is 4.64. The summed E-state index contributed by atoms with van der Waals surface area (Å²) in [5.41, 5.74) is 4.51. The van der Waals surface area contributed by atoms with Crippen molar-refractivity contribution in [3.63, 3.8) is 0 Å². The summed E-state index contributed by atoms with van der Waals surface area (Å²) in [5.74, 6) is -1.13. The Morgan fingerprint density at radius 1 is 0.971 bits per heavy atom. The fourth-order valence-electron chi connectivity index (χ4n) is 4.23. The van der Waals surface area contributed by atoms with Crippen LogP contribution in [0.2, 0.25) is 0 Å². The maximum absolute atomic E-state index is 13.0. The normalized spacial score (nSPS) is 11.1. The lowest BCUT2D eigenvalue weighted by Gasteiger charge is -2.16. The average Bonchev–Trinajstić information content (AvgIpc) is 3.18. The third kappa shape index (κ3) is 3.99. The molecule has 3 heterocycles. The van der Waals surface area contributed by atoms with Crippen molar-refractivity contribution in [1.82, 2.24) is 19.7 Å². The van der Waals surface area contributed by atoms with Crippen LogP contribution in [-0.2, 0) is 23.1 Å². The van der Waals surface area contributed by atoms with E-state index in [0.717, 1.165) is 22.0 Å². The third-order valence-corrected chi connectivity index (χ3v) is 5.86. The van der Waals surface area contributed by atoms with Gasteiger partial charge in [0, 0.05) is 29.6 Å². The molecule has 0 aliphatic rings. The number of carbonyl (C=O) groups excluding carboxylic acids is 2. The lowest BCUT2D eigenvalue weighted by Crippen LogP contribution is -2.14. The Morgan fingerprint density at radius 2 is 1.71 bits per heavy atom. The van der Waals surface area contributed by atoms with Gasteiger partial charge in [-0.2, -0.15) is 5.10 Å². The van der Waals surface area contributed by atoms with Gasteiger partial charge in [0.2, 0.25) is 0 Å².